The van der Waals surface area contributed by atoms with Crippen molar-refractivity contribution in [2.45, 2.75) is 44.7 Å². The van der Waals surface area contributed by atoms with Gasteiger partial charge in [-0.15, -0.1) is 0 Å². The molecule has 8 nitrogen and oxygen atoms in total. The first-order chi connectivity index (χ1) is 14.8. The first-order valence-electron chi connectivity index (χ1n) is 10.8. The van der Waals surface area contributed by atoms with Gasteiger partial charge in [-0.2, -0.15) is 4.31 Å². The third kappa shape index (κ3) is 6.05. The molecule has 0 aromatic heterocycles. The number of hydrogen-bond acceptors (Lipinski definition) is 7. The average Bonchev–Trinajstić information content (AvgIpc) is 2.90. The molecule has 0 amide bonds. The number of hydrogen-bond donors (Lipinski definition) is 0. The van der Waals surface area contributed by atoms with Crippen LogP contribution in [0.5, 0.6) is 0 Å². The maximum Gasteiger partial charge on any atom is 0.337 e. The summed E-state index contributed by atoms with van der Waals surface area (Å²) in [5.74, 6) is -0.575. The van der Waals surface area contributed by atoms with Crippen LogP contribution in [0.1, 0.15) is 48.0 Å². The Morgan fingerprint density at radius 1 is 1.10 bits per heavy atom. The molecule has 1 saturated heterocycles. The van der Waals surface area contributed by atoms with Crippen molar-refractivity contribution in [2.24, 2.45) is 5.92 Å². The number of esters is 2. The molecule has 1 aliphatic carbocycles. The highest BCUT2D eigenvalue weighted by atomic mass is 32.2. The van der Waals surface area contributed by atoms with Gasteiger partial charge in [-0.1, -0.05) is 31.4 Å². The van der Waals surface area contributed by atoms with Gasteiger partial charge < -0.3 is 9.47 Å². The zero-order valence-electron chi connectivity index (χ0n) is 18.3. The number of carbonyl (C=O) groups is 2. The van der Waals surface area contributed by atoms with Crippen LogP contribution in [0.25, 0.3) is 0 Å². The standard InChI is InChI=1S/C22H32N2O6S/c1-29-21(25)19-10-6-9-18(13-19)15-24-20(22(26)30-2)16-23(11-12-31(24,27)28)14-17-7-4-3-5-8-17/h6,9-10,13,17,20H,3-5,7-8,11-12,14-16H2,1-2H3. The second-order valence-electron chi connectivity index (χ2n) is 8.36. The van der Waals surface area contributed by atoms with Crippen molar-refractivity contribution in [1.82, 2.24) is 9.21 Å². The summed E-state index contributed by atoms with van der Waals surface area (Å²) in [6, 6.07) is 5.69. The fraction of sp³-hybridized carbons (Fsp3) is 0.636. The van der Waals surface area contributed by atoms with Crippen LogP contribution < -0.4 is 0 Å². The molecule has 1 saturated carbocycles. The second kappa shape index (κ2) is 10.6. The summed E-state index contributed by atoms with van der Waals surface area (Å²) in [5.41, 5.74) is 0.946. The molecule has 0 N–H and O–H groups in total. The minimum absolute atomic E-state index is 0.00972. The molecule has 1 atom stereocenters. The first kappa shape index (κ1) is 23.7. The maximum absolute atomic E-state index is 13.1. The molecule has 31 heavy (non-hydrogen) atoms. The molecule has 1 unspecified atom stereocenters. The molecule has 1 aromatic carbocycles. The highest BCUT2D eigenvalue weighted by Gasteiger charge is 2.40. The van der Waals surface area contributed by atoms with Crippen LogP contribution in [-0.2, 0) is 30.8 Å². The van der Waals surface area contributed by atoms with E-state index < -0.39 is 28.0 Å². The fourth-order valence-electron chi connectivity index (χ4n) is 4.51. The van der Waals surface area contributed by atoms with Crippen molar-refractivity contribution in [3.05, 3.63) is 35.4 Å². The summed E-state index contributed by atoms with van der Waals surface area (Å²) in [5, 5.41) is 0. The Labute approximate surface area is 184 Å². The monoisotopic (exact) mass is 452 g/mol. The molecule has 0 bridgehead atoms. The van der Waals surface area contributed by atoms with E-state index in [9.17, 15) is 18.0 Å². The van der Waals surface area contributed by atoms with Crippen molar-refractivity contribution in [1.29, 1.82) is 0 Å². The van der Waals surface area contributed by atoms with Crippen LogP contribution in [-0.4, -0.2) is 75.2 Å². The number of carbonyl (C=O) groups excluding carboxylic acids is 2. The van der Waals surface area contributed by atoms with Gasteiger partial charge in [-0.3, -0.25) is 9.69 Å². The van der Waals surface area contributed by atoms with Gasteiger partial charge in [0.15, 0.2) is 0 Å². The van der Waals surface area contributed by atoms with Crippen LogP contribution in [0.2, 0.25) is 0 Å². The normalized spacial score (nSPS) is 23.1. The van der Waals surface area contributed by atoms with Crippen LogP contribution in [0.3, 0.4) is 0 Å². The van der Waals surface area contributed by atoms with Crippen molar-refractivity contribution < 1.29 is 27.5 Å². The zero-order chi connectivity index (χ0) is 22.4. The predicted octanol–water partition coefficient (Wildman–Crippen LogP) is 2.04. The van der Waals surface area contributed by atoms with Gasteiger partial charge in [0.1, 0.15) is 6.04 Å². The van der Waals surface area contributed by atoms with Gasteiger partial charge in [0.25, 0.3) is 0 Å². The zero-order valence-corrected chi connectivity index (χ0v) is 19.1. The van der Waals surface area contributed by atoms with E-state index in [-0.39, 0.29) is 12.3 Å². The summed E-state index contributed by atoms with van der Waals surface area (Å²) in [7, 11) is -1.13. The number of nitrogens with zero attached hydrogens (tertiary/aromatic N) is 2. The van der Waals surface area contributed by atoms with E-state index >= 15 is 0 Å². The molecule has 9 heteroatoms. The lowest BCUT2D eigenvalue weighted by Crippen LogP contribution is -2.48. The minimum atomic E-state index is -3.70. The highest BCUT2D eigenvalue weighted by molar-refractivity contribution is 7.89. The fourth-order valence-corrected chi connectivity index (χ4v) is 6.12. The number of benzene rings is 1. The molecule has 2 aliphatic rings. The SMILES string of the molecule is COC(=O)c1cccc(CN2C(C(=O)OC)CN(CC3CCCCC3)CCS2(=O)=O)c1. The van der Waals surface area contributed by atoms with Gasteiger partial charge in [-0.25, -0.2) is 13.2 Å². The van der Waals surface area contributed by atoms with E-state index in [1.165, 1.54) is 37.8 Å². The lowest BCUT2D eigenvalue weighted by atomic mass is 9.89. The Morgan fingerprint density at radius 2 is 1.84 bits per heavy atom. The van der Waals surface area contributed by atoms with Crippen LogP contribution in [0, 0.1) is 5.92 Å². The van der Waals surface area contributed by atoms with Gasteiger partial charge in [0, 0.05) is 26.2 Å². The molecule has 1 aromatic rings. The lowest BCUT2D eigenvalue weighted by molar-refractivity contribution is -0.145. The molecular formula is C22H32N2O6S. The summed E-state index contributed by atoms with van der Waals surface area (Å²) >= 11 is 0. The molecule has 0 spiro atoms. The maximum atomic E-state index is 13.1. The predicted molar refractivity (Wildman–Crippen MR) is 116 cm³/mol. The lowest BCUT2D eigenvalue weighted by Gasteiger charge is -2.31. The van der Waals surface area contributed by atoms with Crippen LogP contribution in [0.4, 0.5) is 0 Å². The van der Waals surface area contributed by atoms with Gasteiger partial charge in [0.05, 0.1) is 25.5 Å². The average molecular weight is 453 g/mol. The Hall–Kier alpha value is -1.97. The van der Waals surface area contributed by atoms with Gasteiger partial charge in [0.2, 0.25) is 10.0 Å². The van der Waals surface area contributed by atoms with Crippen LogP contribution in [0.15, 0.2) is 24.3 Å². The Kier molecular flexibility index (Phi) is 8.07. The smallest absolute Gasteiger partial charge is 0.337 e. The number of rotatable bonds is 6. The number of ether oxygens (including phenoxy) is 2. The van der Waals surface area contributed by atoms with Gasteiger partial charge >= 0.3 is 11.9 Å². The molecule has 0 radical (unpaired) electrons. The second-order valence-corrected chi connectivity index (χ2v) is 10.4. The van der Waals surface area contributed by atoms with Crippen molar-refractivity contribution >= 4 is 22.0 Å². The van der Waals surface area contributed by atoms with E-state index in [1.54, 1.807) is 24.3 Å². The third-order valence-corrected chi connectivity index (χ3v) is 8.00. The molecule has 1 aliphatic heterocycles. The Bertz CT molecular complexity index is 882. The van der Waals surface area contributed by atoms with E-state index in [2.05, 4.69) is 4.90 Å². The Morgan fingerprint density at radius 3 is 2.52 bits per heavy atom. The number of methoxy groups -OCH3 is 2. The highest BCUT2D eigenvalue weighted by Crippen LogP contribution is 2.26. The van der Waals surface area contributed by atoms with Crippen molar-refractivity contribution in [2.75, 3.05) is 39.6 Å². The largest absolute Gasteiger partial charge is 0.468 e. The summed E-state index contributed by atoms with van der Waals surface area (Å²) in [6.45, 7) is 1.49. The third-order valence-electron chi connectivity index (χ3n) is 6.20. The quantitative estimate of drug-likeness (QED) is 0.610. The Balaban J connectivity index is 1.84. The summed E-state index contributed by atoms with van der Waals surface area (Å²) < 4.78 is 37.3. The summed E-state index contributed by atoms with van der Waals surface area (Å²) in [6.07, 6.45) is 5.97. The number of sulfonamides is 1. The van der Waals surface area contributed by atoms with Crippen molar-refractivity contribution in [3.8, 4) is 0 Å². The first-order valence-corrected chi connectivity index (χ1v) is 12.4. The van der Waals surface area contributed by atoms with E-state index in [4.69, 9.17) is 9.47 Å². The molecule has 2 fully saturated rings. The van der Waals surface area contributed by atoms with Crippen molar-refractivity contribution in [3.63, 3.8) is 0 Å². The van der Waals surface area contributed by atoms with E-state index in [0.29, 0.717) is 30.1 Å². The topological polar surface area (TPSA) is 93.2 Å². The molecule has 172 valence electrons. The van der Waals surface area contributed by atoms with Gasteiger partial charge in [-0.05, 0) is 36.5 Å². The minimum Gasteiger partial charge on any atom is -0.468 e. The van der Waals surface area contributed by atoms with E-state index in [1.807, 2.05) is 0 Å². The molecule has 1 heterocycles. The molecule has 3 rings (SSSR count). The van der Waals surface area contributed by atoms with E-state index in [0.717, 1.165) is 19.4 Å². The molecular weight excluding hydrogens is 420 g/mol. The summed E-state index contributed by atoms with van der Waals surface area (Å²) in [4.78, 5) is 26.6. The van der Waals surface area contributed by atoms with Crippen LogP contribution >= 0.6 is 0 Å².